The van der Waals surface area contributed by atoms with Crippen molar-refractivity contribution in [2.24, 2.45) is 0 Å². The maximum Gasteiger partial charge on any atom is 0.416 e. The molecular weight excluding hydrogens is 313 g/mol. The number of methoxy groups -OCH3 is 1. The predicted octanol–water partition coefficient (Wildman–Crippen LogP) is 2.49. The molecule has 0 aliphatic rings. The third kappa shape index (κ3) is 5.78. The van der Waals surface area contributed by atoms with Crippen molar-refractivity contribution in [3.63, 3.8) is 0 Å². The van der Waals surface area contributed by atoms with Gasteiger partial charge in [0.15, 0.2) is 0 Å². The molecule has 1 aromatic rings. The van der Waals surface area contributed by atoms with E-state index in [-0.39, 0.29) is 23.9 Å². The van der Waals surface area contributed by atoms with Crippen molar-refractivity contribution in [2.45, 2.75) is 12.3 Å². The second-order valence-electron chi connectivity index (χ2n) is 4.14. The Bertz CT molecular complexity index is 497. The fourth-order valence-corrected chi connectivity index (χ4v) is 1.65. The molecule has 5 nitrogen and oxygen atoms in total. The van der Waals surface area contributed by atoms with E-state index < -0.39 is 23.9 Å². The Labute approximate surface area is 124 Å². The highest BCUT2D eigenvalue weighted by Gasteiger charge is 2.30. The summed E-state index contributed by atoms with van der Waals surface area (Å²) in [5.74, 6) is 0. The third-order valence-corrected chi connectivity index (χ3v) is 2.71. The highest BCUT2D eigenvalue weighted by Crippen LogP contribution is 2.33. The molecule has 0 fully saturated rings. The van der Waals surface area contributed by atoms with Crippen LogP contribution in [-0.4, -0.2) is 37.5 Å². The van der Waals surface area contributed by atoms with Gasteiger partial charge in [-0.2, -0.15) is 13.2 Å². The summed E-state index contributed by atoms with van der Waals surface area (Å²) in [6.07, 6.45) is -5.39. The highest BCUT2D eigenvalue weighted by molar-refractivity contribution is 6.33. The summed E-state index contributed by atoms with van der Waals surface area (Å²) in [6, 6.07) is 1.88. The van der Waals surface area contributed by atoms with E-state index in [1.165, 1.54) is 7.11 Å². The molecule has 0 aliphatic heterocycles. The molecule has 0 heterocycles. The average Bonchev–Trinajstić information content (AvgIpc) is 2.38. The van der Waals surface area contributed by atoms with Crippen molar-refractivity contribution in [1.82, 2.24) is 5.32 Å². The van der Waals surface area contributed by atoms with Crippen LogP contribution in [0.5, 0.6) is 0 Å². The second kappa shape index (κ2) is 7.48. The fourth-order valence-electron chi connectivity index (χ4n) is 1.42. The summed E-state index contributed by atoms with van der Waals surface area (Å²) < 4.78 is 42.0. The maximum absolute atomic E-state index is 12.4. The lowest BCUT2D eigenvalue weighted by Gasteiger charge is -2.13. The Kier molecular flexibility index (Phi) is 6.25. The number of halogens is 4. The van der Waals surface area contributed by atoms with E-state index in [2.05, 4.69) is 15.4 Å². The van der Waals surface area contributed by atoms with Crippen molar-refractivity contribution >= 4 is 23.3 Å². The zero-order chi connectivity index (χ0) is 16.0. The molecule has 0 bridgehead atoms. The molecule has 21 heavy (non-hydrogen) atoms. The van der Waals surface area contributed by atoms with E-state index >= 15 is 0 Å². The van der Waals surface area contributed by atoms with Gasteiger partial charge in [0, 0.05) is 13.7 Å². The van der Waals surface area contributed by atoms with Gasteiger partial charge < -0.3 is 20.5 Å². The van der Waals surface area contributed by atoms with Gasteiger partial charge in [-0.05, 0) is 18.2 Å². The maximum atomic E-state index is 12.4. The Morgan fingerprint density at radius 1 is 1.48 bits per heavy atom. The minimum atomic E-state index is -4.51. The van der Waals surface area contributed by atoms with Crippen LogP contribution in [0.15, 0.2) is 18.2 Å². The van der Waals surface area contributed by atoms with E-state index in [9.17, 15) is 23.1 Å². The van der Waals surface area contributed by atoms with E-state index in [0.717, 1.165) is 18.2 Å². The van der Waals surface area contributed by atoms with E-state index in [1.54, 1.807) is 0 Å². The number of amides is 2. The largest absolute Gasteiger partial charge is 0.416 e. The summed E-state index contributed by atoms with van der Waals surface area (Å²) in [4.78, 5) is 11.5. The van der Waals surface area contributed by atoms with Crippen molar-refractivity contribution in [3.8, 4) is 0 Å². The molecule has 0 aliphatic carbocycles. The molecular formula is C12H14ClF3N2O3. The molecule has 0 aromatic heterocycles. The minimum Gasteiger partial charge on any atom is -0.389 e. The van der Waals surface area contributed by atoms with Gasteiger partial charge in [-0.25, -0.2) is 4.79 Å². The molecule has 2 amide bonds. The zero-order valence-corrected chi connectivity index (χ0v) is 11.8. The van der Waals surface area contributed by atoms with Gasteiger partial charge in [0.1, 0.15) is 0 Å². The molecule has 1 rings (SSSR count). The standard InChI is InChI=1S/C12H14ClF3N2O3/c1-21-6-8(19)5-17-11(20)18-10-3-2-7(4-9(10)13)12(14,15)16/h2-4,8,19H,5-6H2,1H3,(H2,17,18,20)/t8-/m0/s1. The average molecular weight is 327 g/mol. The molecule has 0 radical (unpaired) electrons. The van der Waals surface area contributed by atoms with Crippen LogP contribution in [0.2, 0.25) is 5.02 Å². The van der Waals surface area contributed by atoms with Crippen LogP contribution in [-0.2, 0) is 10.9 Å². The van der Waals surface area contributed by atoms with Crippen LogP contribution < -0.4 is 10.6 Å². The minimum absolute atomic E-state index is 0.0309. The van der Waals surface area contributed by atoms with E-state index in [1.807, 2.05) is 0 Å². The van der Waals surface area contributed by atoms with Crippen LogP contribution in [0.1, 0.15) is 5.56 Å². The first kappa shape index (κ1) is 17.5. The molecule has 0 saturated carbocycles. The number of aliphatic hydroxyl groups excluding tert-OH is 1. The van der Waals surface area contributed by atoms with Crippen LogP contribution in [0.4, 0.5) is 23.7 Å². The first-order chi connectivity index (χ1) is 9.74. The number of carbonyl (C=O) groups excluding carboxylic acids is 1. The number of rotatable bonds is 5. The molecule has 3 N–H and O–H groups in total. The molecule has 1 atom stereocenters. The predicted molar refractivity (Wildman–Crippen MR) is 71.4 cm³/mol. The Morgan fingerprint density at radius 3 is 2.67 bits per heavy atom. The van der Waals surface area contributed by atoms with Crippen LogP contribution in [0.25, 0.3) is 0 Å². The summed E-state index contributed by atoms with van der Waals surface area (Å²) in [5, 5.41) is 13.7. The normalized spacial score (nSPS) is 12.9. The summed E-state index contributed by atoms with van der Waals surface area (Å²) >= 11 is 5.68. The number of nitrogens with one attached hydrogen (secondary N) is 2. The zero-order valence-electron chi connectivity index (χ0n) is 11.0. The van der Waals surface area contributed by atoms with Gasteiger partial charge >= 0.3 is 12.2 Å². The molecule has 0 spiro atoms. The lowest BCUT2D eigenvalue weighted by molar-refractivity contribution is -0.137. The fraction of sp³-hybridized carbons (Fsp3) is 0.417. The second-order valence-corrected chi connectivity index (χ2v) is 4.54. The SMILES string of the molecule is COC[C@@H](O)CNC(=O)Nc1ccc(C(F)(F)F)cc1Cl. The van der Waals surface area contributed by atoms with Gasteiger partial charge in [0.05, 0.1) is 29.0 Å². The van der Waals surface area contributed by atoms with Gasteiger partial charge in [0.2, 0.25) is 0 Å². The Morgan fingerprint density at radius 2 is 2.14 bits per heavy atom. The number of urea groups is 1. The number of hydrogen-bond acceptors (Lipinski definition) is 3. The quantitative estimate of drug-likeness (QED) is 0.778. The van der Waals surface area contributed by atoms with Crippen molar-refractivity contribution < 1.29 is 27.8 Å². The van der Waals surface area contributed by atoms with Gasteiger partial charge in [-0.3, -0.25) is 0 Å². The monoisotopic (exact) mass is 326 g/mol. The summed E-state index contributed by atoms with van der Waals surface area (Å²) in [6.45, 7) is -0.0285. The molecule has 1 aromatic carbocycles. The van der Waals surface area contributed by atoms with Crippen molar-refractivity contribution in [3.05, 3.63) is 28.8 Å². The Balaban J connectivity index is 2.61. The number of alkyl halides is 3. The van der Waals surface area contributed by atoms with Gasteiger partial charge in [-0.1, -0.05) is 11.6 Å². The van der Waals surface area contributed by atoms with Crippen LogP contribution >= 0.6 is 11.6 Å². The van der Waals surface area contributed by atoms with Gasteiger partial charge in [-0.15, -0.1) is 0 Å². The van der Waals surface area contributed by atoms with Crippen LogP contribution in [0.3, 0.4) is 0 Å². The first-order valence-corrected chi connectivity index (χ1v) is 6.20. The lowest BCUT2D eigenvalue weighted by atomic mass is 10.2. The topological polar surface area (TPSA) is 70.6 Å². The lowest BCUT2D eigenvalue weighted by Crippen LogP contribution is -2.37. The van der Waals surface area contributed by atoms with Crippen LogP contribution in [0, 0.1) is 0 Å². The molecule has 9 heteroatoms. The number of carbonyl (C=O) groups is 1. The Hall–Kier alpha value is -1.51. The number of hydrogen-bond donors (Lipinski definition) is 3. The molecule has 0 unspecified atom stereocenters. The van der Waals surface area contributed by atoms with Crippen molar-refractivity contribution in [2.75, 3.05) is 25.6 Å². The van der Waals surface area contributed by atoms with Gasteiger partial charge in [0.25, 0.3) is 0 Å². The van der Waals surface area contributed by atoms with Crippen molar-refractivity contribution in [1.29, 1.82) is 0 Å². The molecule has 118 valence electrons. The highest BCUT2D eigenvalue weighted by atomic mass is 35.5. The number of benzene rings is 1. The summed E-state index contributed by atoms with van der Waals surface area (Å²) in [7, 11) is 1.39. The molecule has 0 saturated heterocycles. The smallest absolute Gasteiger partial charge is 0.389 e. The summed E-state index contributed by atoms with van der Waals surface area (Å²) in [5.41, 5.74) is -0.877. The first-order valence-electron chi connectivity index (χ1n) is 5.82. The number of anilines is 1. The van der Waals surface area contributed by atoms with E-state index in [4.69, 9.17) is 11.6 Å². The number of ether oxygens (including phenoxy) is 1. The van der Waals surface area contributed by atoms with E-state index in [0.29, 0.717) is 0 Å². The third-order valence-electron chi connectivity index (χ3n) is 2.40. The number of aliphatic hydroxyl groups is 1.